The molecule has 0 spiro atoms. The number of nitro groups is 1. The number of nitro benzene ring substituents is 1. The van der Waals surface area contributed by atoms with E-state index < -0.39 is 4.92 Å². The maximum Gasteiger partial charge on any atom is 0.274 e. The third-order valence-electron chi connectivity index (χ3n) is 5.09. The van der Waals surface area contributed by atoms with Crippen LogP contribution in [0.1, 0.15) is 24.2 Å². The smallest absolute Gasteiger partial charge is 0.274 e. The topological polar surface area (TPSA) is 102 Å². The van der Waals surface area contributed by atoms with E-state index in [9.17, 15) is 14.9 Å². The molecule has 3 rings (SSSR count). The van der Waals surface area contributed by atoms with Crippen LogP contribution in [0, 0.1) is 17.0 Å². The number of rotatable bonds is 10. The van der Waals surface area contributed by atoms with Crippen LogP contribution in [0.15, 0.2) is 59.1 Å². The van der Waals surface area contributed by atoms with Gasteiger partial charge in [0.1, 0.15) is 11.5 Å². The molecule has 3 aromatic rings. The fourth-order valence-electron chi connectivity index (χ4n) is 3.27. The molecule has 0 fully saturated rings. The monoisotopic (exact) mass is 422 g/mol. The van der Waals surface area contributed by atoms with E-state index in [-0.39, 0.29) is 11.6 Å². The second-order valence-corrected chi connectivity index (χ2v) is 7.46. The third-order valence-corrected chi connectivity index (χ3v) is 5.09. The van der Waals surface area contributed by atoms with Gasteiger partial charge in [-0.2, -0.15) is 0 Å². The van der Waals surface area contributed by atoms with Gasteiger partial charge in [-0.3, -0.25) is 14.9 Å². The van der Waals surface area contributed by atoms with Gasteiger partial charge in [-0.05, 0) is 33.0 Å². The van der Waals surface area contributed by atoms with Crippen molar-refractivity contribution in [2.24, 2.45) is 0 Å². The molecule has 1 N–H and O–H groups in total. The first-order valence-corrected chi connectivity index (χ1v) is 10.2. The Hall–Kier alpha value is -3.52. The number of aryl methyl sites for hydroxylation is 1. The van der Waals surface area contributed by atoms with Crippen LogP contribution in [-0.4, -0.2) is 41.0 Å². The lowest BCUT2D eigenvalue weighted by atomic mass is 10.1. The van der Waals surface area contributed by atoms with Gasteiger partial charge >= 0.3 is 0 Å². The molecule has 0 saturated carbocycles. The molecular formula is C23H26N4O4. The van der Waals surface area contributed by atoms with Gasteiger partial charge in [0.05, 0.1) is 16.2 Å². The van der Waals surface area contributed by atoms with E-state index in [0.717, 1.165) is 36.4 Å². The zero-order chi connectivity index (χ0) is 22.2. The highest BCUT2D eigenvalue weighted by molar-refractivity contribution is 5.92. The van der Waals surface area contributed by atoms with Gasteiger partial charge in [-0.1, -0.05) is 41.6 Å². The van der Waals surface area contributed by atoms with Crippen molar-refractivity contribution in [3.8, 4) is 11.3 Å². The molecule has 8 nitrogen and oxygen atoms in total. The van der Waals surface area contributed by atoms with E-state index in [4.69, 9.17) is 4.52 Å². The number of benzene rings is 2. The summed E-state index contributed by atoms with van der Waals surface area (Å²) < 4.78 is 5.42. The van der Waals surface area contributed by atoms with Gasteiger partial charge in [-0.15, -0.1) is 0 Å². The second-order valence-electron chi connectivity index (χ2n) is 7.46. The van der Waals surface area contributed by atoms with Crippen LogP contribution in [0.25, 0.3) is 11.3 Å². The fourth-order valence-corrected chi connectivity index (χ4v) is 3.27. The normalized spacial score (nSPS) is 10.9. The highest BCUT2D eigenvalue weighted by Gasteiger charge is 2.15. The van der Waals surface area contributed by atoms with E-state index in [0.29, 0.717) is 24.2 Å². The van der Waals surface area contributed by atoms with Gasteiger partial charge in [0.15, 0.2) is 0 Å². The molecule has 1 heterocycles. The molecule has 31 heavy (non-hydrogen) atoms. The molecule has 0 radical (unpaired) electrons. The SMILES string of the molecule is Cc1c(NC(=O)CCN(C)CCCc2cc(-c3ccccc3)no2)cccc1[N+](=O)[O-]. The van der Waals surface area contributed by atoms with Crippen molar-refractivity contribution in [3.05, 3.63) is 76.0 Å². The lowest BCUT2D eigenvalue weighted by molar-refractivity contribution is -0.385. The standard InChI is InChI=1S/C23H26N4O4/c1-17-20(11-6-12-22(17)27(29)30)24-23(28)13-15-26(2)14-7-10-19-16-21(25-31-19)18-8-4-3-5-9-18/h3-6,8-9,11-12,16H,7,10,13-15H2,1-2H3,(H,24,28). The summed E-state index contributed by atoms with van der Waals surface area (Å²) in [7, 11) is 1.96. The highest BCUT2D eigenvalue weighted by Crippen LogP contribution is 2.25. The number of anilines is 1. The van der Waals surface area contributed by atoms with Crippen molar-refractivity contribution in [3.63, 3.8) is 0 Å². The largest absolute Gasteiger partial charge is 0.361 e. The lowest BCUT2D eigenvalue weighted by Crippen LogP contribution is -2.25. The molecule has 162 valence electrons. The Morgan fingerprint density at radius 3 is 2.68 bits per heavy atom. The van der Waals surface area contributed by atoms with Crippen molar-refractivity contribution >= 4 is 17.3 Å². The molecular weight excluding hydrogens is 396 g/mol. The number of hydrogen-bond donors (Lipinski definition) is 1. The Morgan fingerprint density at radius 1 is 1.16 bits per heavy atom. The Labute approximate surface area is 181 Å². The molecule has 8 heteroatoms. The van der Waals surface area contributed by atoms with Crippen LogP contribution in [0.2, 0.25) is 0 Å². The molecule has 1 aromatic heterocycles. The molecule has 0 saturated heterocycles. The van der Waals surface area contributed by atoms with Crippen LogP contribution in [-0.2, 0) is 11.2 Å². The fraction of sp³-hybridized carbons (Fsp3) is 0.304. The number of carbonyl (C=O) groups excluding carboxylic acids is 1. The van der Waals surface area contributed by atoms with Crippen LogP contribution in [0.4, 0.5) is 11.4 Å². The number of amides is 1. The van der Waals surface area contributed by atoms with Crippen molar-refractivity contribution in [2.45, 2.75) is 26.2 Å². The Morgan fingerprint density at radius 2 is 1.94 bits per heavy atom. The first kappa shape index (κ1) is 22.2. The van der Waals surface area contributed by atoms with Gasteiger partial charge < -0.3 is 14.7 Å². The molecule has 0 aliphatic carbocycles. The molecule has 0 aliphatic heterocycles. The Balaban J connectivity index is 1.40. The zero-order valence-corrected chi connectivity index (χ0v) is 17.7. The van der Waals surface area contributed by atoms with E-state index in [1.165, 1.54) is 6.07 Å². The second kappa shape index (κ2) is 10.5. The van der Waals surface area contributed by atoms with Gasteiger partial charge in [0.25, 0.3) is 5.69 Å². The average Bonchev–Trinajstić information content (AvgIpc) is 3.23. The zero-order valence-electron chi connectivity index (χ0n) is 17.7. The summed E-state index contributed by atoms with van der Waals surface area (Å²) in [6.07, 6.45) is 1.95. The van der Waals surface area contributed by atoms with Crippen LogP contribution in [0.5, 0.6) is 0 Å². The summed E-state index contributed by atoms with van der Waals surface area (Å²) in [5.41, 5.74) is 2.78. The first-order chi connectivity index (χ1) is 14.9. The van der Waals surface area contributed by atoms with Crippen molar-refractivity contribution in [1.29, 1.82) is 0 Å². The third kappa shape index (κ3) is 6.23. The summed E-state index contributed by atoms with van der Waals surface area (Å²) in [4.78, 5) is 24.9. The van der Waals surface area contributed by atoms with E-state index in [1.54, 1.807) is 19.1 Å². The van der Waals surface area contributed by atoms with E-state index in [1.807, 2.05) is 43.4 Å². The molecule has 0 atom stereocenters. The minimum Gasteiger partial charge on any atom is -0.361 e. The van der Waals surface area contributed by atoms with Gasteiger partial charge in [0, 0.05) is 37.1 Å². The van der Waals surface area contributed by atoms with Crippen LogP contribution in [0.3, 0.4) is 0 Å². The Kier molecular flexibility index (Phi) is 7.50. The number of carbonyl (C=O) groups is 1. The predicted molar refractivity (Wildman–Crippen MR) is 119 cm³/mol. The average molecular weight is 422 g/mol. The Bertz CT molecular complexity index is 1030. The minimum absolute atomic E-state index is 0.00208. The summed E-state index contributed by atoms with van der Waals surface area (Å²) in [5.74, 6) is 0.671. The van der Waals surface area contributed by atoms with E-state index >= 15 is 0 Å². The number of nitrogens with zero attached hydrogens (tertiary/aromatic N) is 3. The van der Waals surface area contributed by atoms with Crippen LogP contribution < -0.4 is 5.32 Å². The molecule has 0 unspecified atom stereocenters. The first-order valence-electron chi connectivity index (χ1n) is 10.2. The molecule has 0 aliphatic rings. The maximum absolute atomic E-state index is 12.3. The number of hydrogen-bond acceptors (Lipinski definition) is 6. The summed E-state index contributed by atoms with van der Waals surface area (Å²) in [6, 6.07) is 16.5. The lowest BCUT2D eigenvalue weighted by Gasteiger charge is -2.16. The van der Waals surface area contributed by atoms with Gasteiger partial charge in [-0.25, -0.2) is 0 Å². The maximum atomic E-state index is 12.3. The summed E-state index contributed by atoms with van der Waals surface area (Å²) in [5, 5.41) is 17.9. The predicted octanol–water partition coefficient (Wildman–Crippen LogP) is 4.45. The van der Waals surface area contributed by atoms with Crippen molar-refractivity contribution in [1.82, 2.24) is 10.1 Å². The highest BCUT2D eigenvalue weighted by atomic mass is 16.6. The van der Waals surface area contributed by atoms with Crippen molar-refractivity contribution < 1.29 is 14.2 Å². The van der Waals surface area contributed by atoms with E-state index in [2.05, 4.69) is 15.4 Å². The molecule has 0 bridgehead atoms. The number of aromatic nitrogens is 1. The van der Waals surface area contributed by atoms with Crippen molar-refractivity contribution in [2.75, 3.05) is 25.5 Å². The quantitative estimate of drug-likeness (QED) is 0.383. The molecule has 1 amide bonds. The summed E-state index contributed by atoms with van der Waals surface area (Å²) in [6.45, 7) is 3.03. The number of nitrogens with one attached hydrogen (secondary N) is 1. The summed E-state index contributed by atoms with van der Waals surface area (Å²) >= 11 is 0. The molecule has 2 aromatic carbocycles. The minimum atomic E-state index is -0.448. The van der Waals surface area contributed by atoms with Gasteiger partial charge in [0.2, 0.25) is 5.91 Å². The van der Waals surface area contributed by atoms with Crippen LogP contribution >= 0.6 is 0 Å².